The van der Waals surface area contributed by atoms with Gasteiger partial charge in [0.05, 0.1) is 10.5 Å². The number of nitrogens with zero attached hydrogens (tertiary/aromatic N) is 3. The molecule has 3 saturated heterocycles. The lowest BCUT2D eigenvalue weighted by atomic mass is 9.99. The Kier molecular flexibility index (Phi) is 6.16. The molecule has 29 heavy (non-hydrogen) atoms. The van der Waals surface area contributed by atoms with Gasteiger partial charge in [0.1, 0.15) is 0 Å². The summed E-state index contributed by atoms with van der Waals surface area (Å²) in [5, 5.41) is 0. The number of amides is 1. The number of likely N-dealkylation sites (tertiary alicyclic amines) is 1. The highest BCUT2D eigenvalue weighted by atomic mass is 32.2. The van der Waals surface area contributed by atoms with Gasteiger partial charge in [-0.2, -0.15) is 4.31 Å². The second kappa shape index (κ2) is 8.64. The fraction of sp³-hybridized carbons (Fsp3) is 0.682. The quantitative estimate of drug-likeness (QED) is 0.751. The van der Waals surface area contributed by atoms with E-state index in [9.17, 15) is 13.2 Å². The van der Waals surface area contributed by atoms with Crippen LogP contribution in [0, 0.1) is 5.92 Å². The Balaban J connectivity index is 1.70. The number of benzene rings is 1. The Morgan fingerprint density at radius 1 is 0.931 bits per heavy atom. The summed E-state index contributed by atoms with van der Waals surface area (Å²) in [6, 6.07) is 5.22. The smallest absolute Gasteiger partial charge is 0.256 e. The molecule has 3 aliphatic rings. The zero-order valence-corrected chi connectivity index (χ0v) is 18.3. The van der Waals surface area contributed by atoms with Crippen molar-refractivity contribution in [3.8, 4) is 0 Å². The van der Waals surface area contributed by atoms with Crippen LogP contribution < -0.4 is 4.90 Å². The molecule has 1 unspecified atom stereocenters. The van der Waals surface area contributed by atoms with E-state index in [4.69, 9.17) is 0 Å². The van der Waals surface area contributed by atoms with Crippen LogP contribution in [0.5, 0.6) is 0 Å². The first kappa shape index (κ1) is 20.7. The number of anilines is 1. The monoisotopic (exact) mass is 419 g/mol. The zero-order chi connectivity index (χ0) is 20.4. The van der Waals surface area contributed by atoms with E-state index in [0.29, 0.717) is 24.6 Å². The van der Waals surface area contributed by atoms with Gasteiger partial charge in [-0.15, -0.1) is 0 Å². The summed E-state index contributed by atoms with van der Waals surface area (Å²) in [6.07, 6.45) is 7.27. The minimum absolute atomic E-state index is 0.0193. The van der Waals surface area contributed by atoms with E-state index < -0.39 is 10.0 Å². The van der Waals surface area contributed by atoms with Crippen molar-refractivity contribution in [2.24, 2.45) is 5.92 Å². The van der Waals surface area contributed by atoms with Crippen LogP contribution in [0.25, 0.3) is 0 Å². The number of hydrogen-bond acceptors (Lipinski definition) is 4. The topological polar surface area (TPSA) is 60.9 Å². The maximum absolute atomic E-state index is 13.5. The first-order valence-electron chi connectivity index (χ1n) is 11.2. The minimum Gasteiger partial charge on any atom is -0.371 e. The zero-order valence-electron chi connectivity index (χ0n) is 17.5. The SMILES string of the molecule is CC1CCCN(C(=O)c2cc(S(=O)(=O)N3CCCCC3)ccc2N2CCCC2)C1. The first-order valence-corrected chi connectivity index (χ1v) is 12.6. The summed E-state index contributed by atoms with van der Waals surface area (Å²) in [7, 11) is -3.56. The van der Waals surface area contributed by atoms with E-state index in [-0.39, 0.29) is 10.8 Å². The molecule has 3 aliphatic heterocycles. The lowest BCUT2D eigenvalue weighted by Gasteiger charge is -2.33. The van der Waals surface area contributed by atoms with E-state index >= 15 is 0 Å². The molecule has 0 aromatic heterocycles. The van der Waals surface area contributed by atoms with Crippen LogP contribution in [0.4, 0.5) is 5.69 Å². The summed E-state index contributed by atoms with van der Waals surface area (Å²) < 4.78 is 28.0. The Bertz CT molecular complexity index is 843. The summed E-state index contributed by atoms with van der Waals surface area (Å²) >= 11 is 0. The largest absolute Gasteiger partial charge is 0.371 e. The molecule has 1 amide bonds. The Morgan fingerprint density at radius 3 is 2.31 bits per heavy atom. The van der Waals surface area contributed by atoms with Crippen molar-refractivity contribution < 1.29 is 13.2 Å². The second-order valence-electron chi connectivity index (χ2n) is 8.84. The average molecular weight is 420 g/mol. The predicted molar refractivity (Wildman–Crippen MR) is 115 cm³/mol. The van der Waals surface area contributed by atoms with E-state index in [1.54, 1.807) is 16.4 Å². The average Bonchev–Trinajstić information content (AvgIpc) is 3.28. The summed E-state index contributed by atoms with van der Waals surface area (Å²) in [4.78, 5) is 17.9. The summed E-state index contributed by atoms with van der Waals surface area (Å²) in [6.45, 7) is 6.68. The molecule has 0 bridgehead atoms. The van der Waals surface area contributed by atoms with Gasteiger partial charge >= 0.3 is 0 Å². The van der Waals surface area contributed by atoms with Gasteiger partial charge in [0, 0.05) is 45.0 Å². The van der Waals surface area contributed by atoms with Crippen molar-refractivity contribution in [3.05, 3.63) is 23.8 Å². The molecule has 0 radical (unpaired) electrons. The maximum atomic E-state index is 13.5. The van der Waals surface area contributed by atoms with Gasteiger partial charge in [0.25, 0.3) is 5.91 Å². The van der Waals surface area contributed by atoms with Crippen LogP contribution in [0.3, 0.4) is 0 Å². The fourth-order valence-electron chi connectivity index (χ4n) is 4.88. The Labute approximate surface area is 174 Å². The number of piperidine rings is 2. The van der Waals surface area contributed by atoms with Crippen LogP contribution in [0.2, 0.25) is 0 Å². The summed E-state index contributed by atoms with van der Waals surface area (Å²) in [5.41, 5.74) is 1.45. The lowest BCUT2D eigenvalue weighted by molar-refractivity contribution is 0.0683. The third-order valence-electron chi connectivity index (χ3n) is 6.54. The molecule has 160 valence electrons. The van der Waals surface area contributed by atoms with Crippen LogP contribution >= 0.6 is 0 Å². The molecular weight excluding hydrogens is 386 g/mol. The molecule has 3 fully saturated rings. The molecule has 4 rings (SSSR count). The van der Waals surface area contributed by atoms with Gasteiger partial charge < -0.3 is 9.80 Å². The lowest BCUT2D eigenvalue weighted by Crippen LogP contribution is -2.40. The molecule has 1 aromatic carbocycles. The van der Waals surface area contributed by atoms with Crippen molar-refractivity contribution in [1.82, 2.24) is 9.21 Å². The van der Waals surface area contributed by atoms with E-state index in [0.717, 1.165) is 76.8 Å². The van der Waals surface area contributed by atoms with Crippen LogP contribution in [-0.2, 0) is 10.0 Å². The first-order chi connectivity index (χ1) is 14.0. The highest BCUT2D eigenvalue weighted by Gasteiger charge is 2.31. The third-order valence-corrected chi connectivity index (χ3v) is 8.44. The highest BCUT2D eigenvalue weighted by Crippen LogP contribution is 2.31. The van der Waals surface area contributed by atoms with Crippen molar-refractivity contribution in [3.63, 3.8) is 0 Å². The van der Waals surface area contributed by atoms with Gasteiger partial charge in [-0.1, -0.05) is 13.3 Å². The molecular formula is C22H33N3O3S. The van der Waals surface area contributed by atoms with Crippen molar-refractivity contribution in [1.29, 1.82) is 0 Å². The number of carbonyl (C=O) groups is 1. The van der Waals surface area contributed by atoms with Gasteiger partial charge in [0.15, 0.2) is 0 Å². The Morgan fingerprint density at radius 2 is 1.62 bits per heavy atom. The molecule has 1 atom stereocenters. The number of sulfonamides is 1. The Hall–Kier alpha value is -1.60. The van der Waals surface area contributed by atoms with E-state index in [2.05, 4.69) is 11.8 Å². The van der Waals surface area contributed by atoms with Crippen LogP contribution in [-0.4, -0.2) is 62.8 Å². The standard InChI is InChI=1S/C22H33N3O3S/c1-18-8-7-13-24(17-18)22(26)20-16-19(9-10-21(20)23-11-5-6-12-23)29(27,28)25-14-3-2-4-15-25/h9-10,16,18H,2-8,11-15,17H2,1H3. The van der Waals surface area contributed by atoms with Gasteiger partial charge in [-0.05, 0) is 62.6 Å². The van der Waals surface area contributed by atoms with Crippen LogP contribution in [0.15, 0.2) is 23.1 Å². The van der Waals surface area contributed by atoms with Crippen molar-refractivity contribution >= 4 is 21.6 Å². The number of rotatable bonds is 4. The molecule has 0 N–H and O–H groups in total. The highest BCUT2D eigenvalue weighted by molar-refractivity contribution is 7.89. The molecule has 0 spiro atoms. The number of hydrogen-bond donors (Lipinski definition) is 0. The van der Waals surface area contributed by atoms with Gasteiger partial charge in [0.2, 0.25) is 10.0 Å². The maximum Gasteiger partial charge on any atom is 0.256 e. The number of carbonyl (C=O) groups excluding carboxylic acids is 1. The van der Waals surface area contributed by atoms with Crippen LogP contribution in [0.1, 0.15) is 62.2 Å². The fourth-order valence-corrected chi connectivity index (χ4v) is 6.42. The van der Waals surface area contributed by atoms with Crippen molar-refractivity contribution in [2.45, 2.75) is 56.8 Å². The molecule has 3 heterocycles. The normalized spacial score (nSPS) is 24.1. The van der Waals surface area contributed by atoms with Gasteiger partial charge in [-0.25, -0.2) is 8.42 Å². The summed E-state index contributed by atoms with van der Waals surface area (Å²) in [5.74, 6) is 0.470. The van der Waals surface area contributed by atoms with Crippen molar-refractivity contribution in [2.75, 3.05) is 44.2 Å². The molecule has 0 aliphatic carbocycles. The van der Waals surface area contributed by atoms with E-state index in [1.807, 2.05) is 11.0 Å². The molecule has 0 saturated carbocycles. The third kappa shape index (κ3) is 4.31. The second-order valence-corrected chi connectivity index (χ2v) is 10.8. The predicted octanol–water partition coefficient (Wildman–Crippen LogP) is 3.33. The van der Waals surface area contributed by atoms with Gasteiger partial charge in [-0.3, -0.25) is 4.79 Å². The minimum atomic E-state index is -3.56. The molecule has 6 nitrogen and oxygen atoms in total. The van der Waals surface area contributed by atoms with E-state index in [1.165, 1.54) is 0 Å². The molecule has 7 heteroatoms. The molecule has 1 aromatic rings.